The topological polar surface area (TPSA) is 52.6 Å². The molecule has 1 aromatic rings. The molecule has 0 aromatic heterocycles. The van der Waals surface area contributed by atoms with Gasteiger partial charge in [-0.2, -0.15) is 0 Å². The second-order valence-electron chi connectivity index (χ2n) is 4.05. The van der Waals surface area contributed by atoms with E-state index >= 15 is 0 Å². The lowest BCUT2D eigenvalue weighted by atomic mass is 10.0. The Balaban J connectivity index is 2.54. The highest BCUT2D eigenvalue weighted by Gasteiger charge is 2.12. The van der Waals surface area contributed by atoms with Crippen LogP contribution in [-0.2, 0) is 9.53 Å². The molecular formula is C14H17ClO4. The van der Waals surface area contributed by atoms with E-state index in [1.165, 1.54) is 14.2 Å². The van der Waals surface area contributed by atoms with Crippen molar-refractivity contribution in [3.05, 3.63) is 28.8 Å². The lowest BCUT2D eigenvalue weighted by Gasteiger charge is -2.07. The highest BCUT2D eigenvalue weighted by molar-refractivity contribution is 6.31. The van der Waals surface area contributed by atoms with Crippen LogP contribution < -0.4 is 4.74 Å². The minimum Gasteiger partial charge on any atom is -0.496 e. The van der Waals surface area contributed by atoms with Gasteiger partial charge in [0.05, 0.1) is 19.8 Å². The third-order valence-corrected chi connectivity index (χ3v) is 2.96. The SMILES string of the molecule is COC(=O)CCCCC(=O)c1cc(Cl)ccc1OC. The van der Waals surface area contributed by atoms with E-state index in [0.29, 0.717) is 42.0 Å². The molecule has 0 radical (unpaired) electrons. The number of methoxy groups -OCH3 is 2. The van der Waals surface area contributed by atoms with Crippen molar-refractivity contribution in [3.63, 3.8) is 0 Å². The quantitative estimate of drug-likeness (QED) is 0.438. The van der Waals surface area contributed by atoms with Gasteiger partial charge in [-0.3, -0.25) is 9.59 Å². The maximum Gasteiger partial charge on any atom is 0.305 e. The number of hydrogen-bond acceptors (Lipinski definition) is 4. The van der Waals surface area contributed by atoms with E-state index in [2.05, 4.69) is 4.74 Å². The Bertz CT molecular complexity index is 457. The van der Waals surface area contributed by atoms with Crippen molar-refractivity contribution >= 4 is 23.4 Å². The highest BCUT2D eigenvalue weighted by atomic mass is 35.5. The monoisotopic (exact) mass is 284 g/mol. The molecular weight excluding hydrogens is 268 g/mol. The summed E-state index contributed by atoms with van der Waals surface area (Å²) >= 11 is 5.87. The Hall–Kier alpha value is -1.55. The minimum absolute atomic E-state index is 0.0378. The Morgan fingerprint density at radius 3 is 2.47 bits per heavy atom. The van der Waals surface area contributed by atoms with Crippen molar-refractivity contribution in [2.45, 2.75) is 25.7 Å². The molecule has 0 heterocycles. The maximum atomic E-state index is 12.0. The molecule has 0 atom stereocenters. The maximum absolute atomic E-state index is 12.0. The van der Waals surface area contributed by atoms with Crippen molar-refractivity contribution in [2.75, 3.05) is 14.2 Å². The van der Waals surface area contributed by atoms with Crippen LogP contribution in [0, 0.1) is 0 Å². The zero-order chi connectivity index (χ0) is 14.3. The van der Waals surface area contributed by atoms with Gasteiger partial charge in [0.1, 0.15) is 5.75 Å². The highest BCUT2D eigenvalue weighted by Crippen LogP contribution is 2.24. The molecule has 4 nitrogen and oxygen atoms in total. The van der Waals surface area contributed by atoms with Crippen LogP contribution in [0.15, 0.2) is 18.2 Å². The summed E-state index contributed by atoms with van der Waals surface area (Å²) in [6.45, 7) is 0. The molecule has 0 saturated carbocycles. The number of halogens is 1. The molecule has 0 spiro atoms. The van der Waals surface area contributed by atoms with Crippen LogP contribution in [0.5, 0.6) is 5.75 Å². The molecule has 0 unspecified atom stereocenters. The van der Waals surface area contributed by atoms with Gasteiger partial charge in [0.25, 0.3) is 0 Å². The van der Waals surface area contributed by atoms with Gasteiger partial charge in [-0.05, 0) is 31.0 Å². The van der Waals surface area contributed by atoms with Crippen LogP contribution in [0.1, 0.15) is 36.0 Å². The average molecular weight is 285 g/mol. The van der Waals surface area contributed by atoms with E-state index in [1.54, 1.807) is 18.2 Å². The number of hydrogen-bond donors (Lipinski definition) is 0. The molecule has 0 bridgehead atoms. The predicted molar refractivity (Wildman–Crippen MR) is 72.8 cm³/mol. The van der Waals surface area contributed by atoms with Crippen LogP contribution >= 0.6 is 11.6 Å². The summed E-state index contributed by atoms with van der Waals surface area (Å²) < 4.78 is 9.66. The number of ketones is 1. The molecule has 0 aliphatic rings. The van der Waals surface area contributed by atoms with Crippen molar-refractivity contribution < 1.29 is 19.1 Å². The first-order valence-electron chi connectivity index (χ1n) is 6.02. The first kappa shape index (κ1) is 15.5. The Kier molecular flexibility index (Phi) is 6.36. The second-order valence-corrected chi connectivity index (χ2v) is 4.49. The van der Waals surface area contributed by atoms with E-state index in [4.69, 9.17) is 16.3 Å². The predicted octanol–water partition coefficient (Wildman–Crippen LogP) is 3.26. The van der Waals surface area contributed by atoms with Crippen LogP contribution in [-0.4, -0.2) is 26.0 Å². The van der Waals surface area contributed by atoms with Gasteiger partial charge in [-0.15, -0.1) is 0 Å². The Morgan fingerprint density at radius 2 is 1.84 bits per heavy atom. The normalized spacial score (nSPS) is 10.1. The molecule has 1 rings (SSSR count). The zero-order valence-corrected chi connectivity index (χ0v) is 11.8. The van der Waals surface area contributed by atoms with Gasteiger partial charge in [0, 0.05) is 17.9 Å². The number of unbranched alkanes of at least 4 members (excludes halogenated alkanes) is 1. The number of carbonyl (C=O) groups excluding carboxylic acids is 2. The van der Waals surface area contributed by atoms with Gasteiger partial charge < -0.3 is 9.47 Å². The third-order valence-electron chi connectivity index (χ3n) is 2.72. The summed E-state index contributed by atoms with van der Waals surface area (Å²) in [5.74, 6) is 0.222. The average Bonchev–Trinajstić information content (AvgIpc) is 2.42. The Labute approximate surface area is 117 Å². The van der Waals surface area contributed by atoms with Crippen molar-refractivity contribution in [2.24, 2.45) is 0 Å². The lowest BCUT2D eigenvalue weighted by molar-refractivity contribution is -0.140. The van der Waals surface area contributed by atoms with Gasteiger partial charge in [-0.1, -0.05) is 11.6 Å². The van der Waals surface area contributed by atoms with Crippen molar-refractivity contribution in [1.82, 2.24) is 0 Å². The smallest absolute Gasteiger partial charge is 0.305 e. The molecule has 19 heavy (non-hydrogen) atoms. The summed E-state index contributed by atoms with van der Waals surface area (Å²) in [5, 5.41) is 0.499. The minimum atomic E-state index is -0.257. The van der Waals surface area contributed by atoms with E-state index < -0.39 is 0 Å². The van der Waals surface area contributed by atoms with Crippen molar-refractivity contribution in [3.8, 4) is 5.75 Å². The third kappa shape index (κ3) is 4.91. The fraction of sp³-hybridized carbons (Fsp3) is 0.429. The molecule has 0 fully saturated rings. The van der Waals surface area contributed by atoms with E-state index in [-0.39, 0.29) is 11.8 Å². The fourth-order valence-corrected chi connectivity index (χ4v) is 1.86. The largest absolute Gasteiger partial charge is 0.496 e. The molecule has 1 aromatic carbocycles. The first-order chi connectivity index (χ1) is 9.08. The Morgan fingerprint density at radius 1 is 1.16 bits per heavy atom. The van der Waals surface area contributed by atoms with Gasteiger partial charge in [-0.25, -0.2) is 0 Å². The van der Waals surface area contributed by atoms with Gasteiger partial charge in [0.2, 0.25) is 0 Å². The summed E-state index contributed by atoms with van der Waals surface area (Å²) in [4.78, 5) is 23.0. The first-order valence-corrected chi connectivity index (χ1v) is 6.40. The summed E-state index contributed by atoms with van der Waals surface area (Å²) in [6.07, 6.45) is 1.94. The molecule has 104 valence electrons. The van der Waals surface area contributed by atoms with Crippen LogP contribution in [0.4, 0.5) is 0 Å². The molecule has 0 N–H and O–H groups in total. The molecule has 0 saturated heterocycles. The fourth-order valence-electron chi connectivity index (χ4n) is 1.69. The summed E-state index contributed by atoms with van der Waals surface area (Å²) in [5.41, 5.74) is 0.480. The van der Waals surface area contributed by atoms with Gasteiger partial charge in [0.15, 0.2) is 5.78 Å². The number of carbonyl (C=O) groups is 2. The number of esters is 1. The van der Waals surface area contributed by atoms with Crippen molar-refractivity contribution in [1.29, 1.82) is 0 Å². The van der Waals surface area contributed by atoms with Crippen LogP contribution in [0.2, 0.25) is 5.02 Å². The van der Waals surface area contributed by atoms with Crippen LogP contribution in [0.25, 0.3) is 0 Å². The summed E-state index contributed by atoms with van der Waals surface area (Å²) in [7, 11) is 2.86. The number of benzene rings is 1. The lowest BCUT2D eigenvalue weighted by Crippen LogP contribution is -2.04. The number of ether oxygens (including phenoxy) is 2. The van der Waals surface area contributed by atoms with Gasteiger partial charge >= 0.3 is 5.97 Å². The van der Waals surface area contributed by atoms with E-state index in [0.717, 1.165) is 0 Å². The second kappa shape index (κ2) is 7.79. The molecule has 0 aliphatic heterocycles. The molecule has 5 heteroatoms. The molecule has 0 aliphatic carbocycles. The zero-order valence-electron chi connectivity index (χ0n) is 11.1. The number of rotatable bonds is 7. The van der Waals surface area contributed by atoms with Crippen LogP contribution in [0.3, 0.4) is 0 Å². The molecule has 0 amide bonds. The standard InChI is InChI=1S/C14H17ClO4/c1-18-13-8-7-10(15)9-11(13)12(16)5-3-4-6-14(17)19-2/h7-9H,3-6H2,1-2H3. The number of Topliss-reactive ketones (excluding diaryl/α,β-unsaturated/α-hetero) is 1. The van der Waals surface area contributed by atoms with E-state index in [1.807, 2.05) is 0 Å². The summed E-state index contributed by atoms with van der Waals surface area (Å²) in [6, 6.07) is 4.95. The van der Waals surface area contributed by atoms with E-state index in [9.17, 15) is 9.59 Å².